The highest BCUT2D eigenvalue weighted by atomic mass is 31.1. The SMILES string of the molecule is CCC(C)N(C)C(C)CC.CCO[P+](=O)OCC. The van der Waals surface area contributed by atoms with Gasteiger partial charge in [0.05, 0.1) is 0 Å². The van der Waals surface area contributed by atoms with Crippen LogP contribution in [0.1, 0.15) is 54.4 Å². The van der Waals surface area contributed by atoms with Crippen LogP contribution in [0.4, 0.5) is 0 Å². The molecule has 2 unspecified atom stereocenters. The molecule has 0 bridgehead atoms. The summed E-state index contributed by atoms with van der Waals surface area (Å²) in [7, 11) is 0.380. The van der Waals surface area contributed by atoms with Crippen molar-refractivity contribution in [3.63, 3.8) is 0 Å². The molecule has 0 heterocycles. The van der Waals surface area contributed by atoms with Crippen LogP contribution in [0.3, 0.4) is 0 Å². The largest absolute Gasteiger partial charge is 0.697 e. The van der Waals surface area contributed by atoms with E-state index >= 15 is 0 Å². The van der Waals surface area contributed by atoms with Gasteiger partial charge in [-0.15, -0.1) is 9.05 Å². The summed E-state index contributed by atoms with van der Waals surface area (Å²) in [4.78, 5) is 2.44. The summed E-state index contributed by atoms with van der Waals surface area (Å²) >= 11 is 0. The molecule has 0 saturated carbocycles. The van der Waals surface area contributed by atoms with Gasteiger partial charge in [0.15, 0.2) is 0 Å². The van der Waals surface area contributed by atoms with Crippen molar-refractivity contribution in [3.8, 4) is 0 Å². The monoisotopic (exact) mass is 280 g/mol. The smallest absolute Gasteiger partial charge is 0.301 e. The third kappa shape index (κ3) is 11.1. The first-order chi connectivity index (χ1) is 8.44. The molecule has 4 nitrogen and oxygen atoms in total. The van der Waals surface area contributed by atoms with Gasteiger partial charge in [-0.3, -0.25) is 0 Å². The highest BCUT2D eigenvalue weighted by Gasteiger charge is 2.15. The van der Waals surface area contributed by atoms with Crippen LogP contribution in [-0.4, -0.2) is 37.2 Å². The molecule has 0 N–H and O–H groups in total. The lowest BCUT2D eigenvalue weighted by Gasteiger charge is -2.29. The van der Waals surface area contributed by atoms with Gasteiger partial charge in [0.2, 0.25) is 0 Å². The molecule has 0 spiro atoms. The van der Waals surface area contributed by atoms with E-state index in [9.17, 15) is 4.57 Å². The van der Waals surface area contributed by atoms with E-state index < -0.39 is 8.25 Å². The average molecular weight is 280 g/mol. The van der Waals surface area contributed by atoms with E-state index in [1.54, 1.807) is 13.8 Å². The molecular formula is C13H31NO3P+. The van der Waals surface area contributed by atoms with Crippen molar-refractivity contribution in [2.75, 3.05) is 20.3 Å². The van der Waals surface area contributed by atoms with Crippen LogP contribution >= 0.6 is 8.25 Å². The Kier molecular flexibility index (Phi) is 15.1. The van der Waals surface area contributed by atoms with Crippen LogP contribution in [0.2, 0.25) is 0 Å². The number of rotatable bonds is 8. The molecule has 0 aliphatic carbocycles. The zero-order valence-corrected chi connectivity index (χ0v) is 14.0. The van der Waals surface area contributed by atoms with Gasteiger partial charge in [-0.2, -0.15) is 0 Å². The quantitative estimate of drug-likeness (QED) is 0.624. The lowest BCUT2D eigenvalue weighted by Crippen LogP contribution is -2.35. The van der Waals surface area contributed by atoms with Crippen molar-refractivity contribution in [2.45, 2.75) is 66.5 Å². The van der Waals surface area contributed by atoms with Crippen LogP contribution in [-0.2, 0) is 13.6 Å². The minimum absolute atomic E-state index is 0.440. The second-order valence-corrected chi connectivity index (χ2v) is 5.20. The van der Waals surface area contributed by atoms with Crippen molar-refractivity contribution >= 4 is 8.25 Å². The zero-order valence-electron chi connectivity index (χ0n) is 13.1. The van der Waals surface area contributed by atoms with E-state index in [4.69, 9.17) is 0 Å². The normalized spacial score (nSPS) is 13.8. The molecule has 0 saturated heterocycles. The Labute approximate surface area is 114 Å². The Balaban J connectivity index is 0. The Morgan fingerprint density at radius 2 is 1.28 bits per heavy atom. The highest BCUT2D eigenvalue weighted by molar-refractivity contribution is 7.33. The summed E-state index contributed by atoms with van der Waals surface area (Å²) in [6.45, 7) is 13.5. The Bertz CT molecular complexity index is 185. The van der Waals surface area contributed by atoms with Crippen LogP contribution in [0.15, 0.2) is 0 Å². The van der Waals surface area contributed by atoms with Gasteiger partial charge >= 0.3 is 8.25 Å². The topological polar surface area (TPSA) is 38.8 Å². The lowest BCUT2D eigenvalue weighted by atomic mass is 10.1. The molecule has 0 amide bonds. The summed E-state index contributed by atoms with van der Waals surface area (Å²) in [6.07, 6.45) is 2.50. The summed E-state index contributed by atoms with van der Waals surface area (Å²) in [5.74, 6) is 0. The van der Waals surface area contributed by atoms with E-state index in [-0.39, 0.29) is 0 Å². The van der Waals surface area contributed by atoms with Crippen LogP contribution in [0, 0.1) is 0 Å². The van der Waals surface area contributed by atoms with Crippen molar-refractivity contribution in [1.82, 2.24) is 4.90 Å². The van der Waals surface area contributed by atoms with E-state index in [0.29, 0.717) is 13.2 Å². The van der Waals surface area contributed by atoms with Gasteiger partial charge in [-0.05, 0) is 47.6 Å². The van der Waals surface area contributed by atoms with Gasteiger partial charge in [0.25, 0.3) is 0 Å². The molecule has 0 rings (SSSR count). The number of nitrogens with zero attached hydrogens (tertiary/aromatic N) is 1. The van der Waals surface area contributed by atoms with E-state index in [0.717, 1.165) is 12.1 Å². The first-order valence-corrected chi connectivity index (χ1v) is 7.98. The van der Waals surface area contributed by atoms with E-state index in [1.807, 2.05) is 0 Å². The molecule has 0 aromatic carbocycles. The van der Waals surface area contributed by atoms with E-state index in [1.165, 1.54) is 12.8 Å². The molecule has 0 aromatic rings. The van der Waals surface area contributed by atoms with Crippen molar-refractivity contribution in [2.24, 2.45) is 0 Å². The molecule has 5 heteroatoms. The van der Waals surface area contributed by atoms with Crippen LogP contribution in [0.25, 0.3) is 0 Å². The fourth-order valence-electron chi connectivity index (χ4n) is 1.26. The van der Waals surface area contributed by atoms with Crippen LogP contribution < -0.4 is 0 Å². The van der Waals surface area contributed by atoms with Crippen molar-refractivity contribution in [1.29, 1.82) is 0 Å². The molecule has 0 aromatic heterocycles. The Morgan fingerprint density at radius 3 is 1.50 bits per heavy atom. The maximum Gasteiger partial charge on any atom is 0.697 e. The fraction of sp³-hybridized carbons (Fsp3) is 1.00. The third-order valence-corrected chi connectivity index (χ3v) is 3.98. The minimum Gasteiger partial charge on any atom is -0.301 e. The zero-order chi connectivity index (χ0) is 14.6. The number of hydrogen-bond acceptors (Lipinski definition) is 4. The van der Waals surface area contributed by atoms with Crippen LogP contribution in [0.5, 0.6) is 0 Å². The van der Waals surface area contributed by atoms with Gasteiger partial charge in [-0.25, -0.2) is 0 Å². The predicted octanol–water partition coefficient (Wildman–Crippen LogP) is 4.23. The van der Waals surface area contributed by atoms with Crippen molar-refractivity contribution in [3.05, 3.63) is 0 Å². The molecule has 0 aliphatic rings. The molecule has 0 radical (unpaired) electrons. The second-order valence-electron chi connectivity index (χ2n) is 4.24. The summed E-state index contributed by atoms with van der Waals surface area (Å²) in [5.41, 5.74) is 0. The Hall–Kier alpha value is -0.0200. The van der Waals surface area contributed by atoms with Gasteiger partial charge < -0.3 is 4.90 Å². The number of hydrogen-bond donors (Lipinski definition) is 0. The molecule has 110 valence electrons. The molecule has 0 aliphatic heterocycles. The maximum absolute atomic E-state index is 10.3. The molecule has 0 fully saturated rings. The first kappa shape index (κ1) is 20.3. The summed E-state index contributed by atoms with van der Waals surface area (Å²) < 4.78 is 19.5. The summed E-state index contributed by atoms with van der Waals surface area (Å²) in [5, 5.41) is 0. The van der Waals surface area contributed by atoms with Crippen molar-refractivity contribution < 1.29 is 13.6 Å². The fourth-order valence-corrected chi connectivity index (χ4v) is 1.75. The van der Waals surface area contributed by atoms with Gasteiger partial charge in [-0.1, -0.05) is 13.8 Å². The lowest BCUT2D eigenvalue weighted by molar-refractivity contribution is 0.187. The molecule has 2 atom stereocenters. The highest BCUT2D eigenvalue weighted by Crippen LogP contribution is 2.21. The summed E-state index contributed by atoms with van der Waals surface area (Å²) in [6, 6.07) is 1.46. The second kappa shape index (κ2) is 13.4. The predicted molar refractivity (Wildman–Crippen MR) is 78.1 cm³/mol. The third-order valence-electron chi connectivity index (χ3n) is 3.04. The average Bonchev–Trinajstić information content (AvgIpc) is 2.37. The minimum atomic E-state index is -1.83. The van der Waals surface area contributed by atoms with Gasteiger partial charge in [0, 0.05) is 16.6 Å². The maximum atomic E-state index is 10.3. The first-order valence-electron chi connectivity index (χ1n) is 6.89. The standard InChI is InChI=1S/C9H21N.C4H10O3P/c1-6-8(3)10(5)9(4)7-2;1-3-6-8(5)7-4-2/h8-9H,6-7H2,1-5H3;3-4H2,1-2H3/q;+1. The molecular weight excluding hydrogens is 249 g/mol. The van der Waals surface area contributed by atoms with Gasteiger partial charge in [0.1, 0.15) is 13.2 Å². The van der Waals surface area contributed by atoms with E-state index in [2.05, 4.69) is 48.7 Å². The molecule has 18 heavy (non-hydrogen) atoms. The Morgan fingerprint density at radius 1 is 0.944 bits per heavy atom.